The zero-order valence-corrected chi connectivity index (χ0v) is 18.2. The third kappa shape index (κ3) is 9.69. The molecule has 1 unspecified atom stereocenters. The molecular formula is C21H29NO7S. The van der Waals surface area contributed by atoms with E-state index in [2.05, 4.69) is 35.1 Å². The zero-order valence-electron chi connectivity index (χ0n) is 17.3. The second kappa shape index (κ2) is 14.3. The van der Waals surface area contributed by atoms with E-state index >= 15 is 0 Å². The SMILES string of the molecule is C=C.COC1(CNC(=O)c2ccc(C#CCCO)cc2)CCS(=O)(=O)C1.COC=O. The number of ether oxygens (including phenoxy) is 2. The average Bonchev–Trinajstić information content (AvgIpc) is 3.09. The van der Waals surface area contributed by atoms with E-state index in [0.717, 1.165) is 5.56 Å². The minimum absolute atomic E-state index is 0.0183. The summed E-state index contributed by atoms with van der Waals surface area (Å²) in [5.41, 5.74) is 0.384. The Hall–Kier alpha value is -2.67. The first-order valence-corrected chi connectivity index (χ1v) is 10.8. The van der Waals surface area contributed by atoms with Gasteiger partial charge in [-0.25, -0.2) is 8.42 Å². The molecule has 166 valence electrons. The molecule has 1 aromatic carbocycles. The van der Waals surface area contributed by atoms with Crippen molar-refractivity contribution in [3.8, 4) is 11.8 Å². The fourth-order valence-corrected chi connectivity index (χ4v) is 4.52. The molecule has 30 heavy (non-hydrogen) atoms. The summed E-state index contributed by atoms with van der Waals surface area (Å²) in [6.07, 6.45) is 0.787. The van der Waals surface area contributed by atoms with Gasteiger partial charge in [0.1, 0.15) is 0 Å². The van der Waals surface area contributed by atoms with Crippen molar-refractivity contribution in [2.24, 2.45) is 0 Å². The van der Waals surface area contributed by atoms with Gasteiger partial charge in [0.2, 0.25) is 0 Å². The van der Waals surface area contributed by atoms with E-state index in [9.17, 15) is 13.2 Å². The predicted molar refractivity (Wildman–Crippen MR) is 115 cm³/mol. The Morgan fingerprint density at radius 1 is 1.30 bits per heavy atom. The summed E-state index contributed by atoms with van der Waals surface area (Å²) in [6.45, 7) is 6.55. The van der Waals surface area contributed by atoms with E-state index in [1.807, 2.05) is 0 Å². The van der Waals surface area contributed by atoms with Gasteiger partial charge in [-0.3, -0.25) is 9.59 Å². The monoisotopic (exact) mass is 439 g/mol. The third-order valence-corrected chi connectivity index (χ3v) is 5.86. The van der Waals surface area contributed by atoms with Gasteiger partial charge in [0.25, 0.3) is 12.4 Å². The molecule has 2 N–H and O–H groups in total. The number of rotatable bonds is 6. The van der Waals surface area contributed by atoms with Crippen LogP contribution in [-0.2, 0) is 24.1 Å². The summed E-state index contributed by atoms with van der Waals surface area (Å²) in [5.74, 6) is 5.41. The maximum absolute atomic E-state index is 12.2. The molecular weight excluding hydrogens is 410 g/mol. The van der Waals surface area contributed by atoms with Gasteiger partial charge in [-0.2, -0.15) is 0 Å². The minimum atomic E-state index is -3.10. The topological polar surface area (TPSA) is 119 Å². The van der Waals surface area contributed by atoms with Crippen LogP contribution in [0.4, 0.5) is 0 Å². The highest BCUT2D eigenvalue weighted by Gasteiger charge is 2.42. The molecule has 0 radical (unpaired) electrons. The smallest absolute Gasteiger partial charge is 0.292 e. The molecule has 0 aromatic heterocycles. The second-order valence-corrected chi connectivity index (χ2v) is 8.28. The molecule has 8 nitrogen and oxygen atoms in total. The van der Waals surface area contributed by atoms with Crippen molar-refractivity contribution in [2.45, 2.75) is 18.4 Å². The van der Waals surface area contributed by atoms with Crippen LogP contribution < -0.4 is 5.32 Å². The van der Waals surface area contributed by atoms with Crippen molar-refractivity contribution < 1.29 is 32.6 Å². The first kappa shape index (κ1) is 27.3. The lowest BCUT2D eigenvalue weighted by atomic mass is 10.0. The van der Waals surface area contributed by atoms with Crippen molar-refractivity contribution in [1.29, 1.82) is 0 Å². The highest BCUT2D eigenvalue weighted by atomic mass is 32.2. The lowest BCUT2D eigenvalue weighted by Gasteiger charge is -2.26. The van der Waals surface area contributed by atoms with Crippen molar-refractivity contribution in [1.82, 2.24) is 5.32 Å². The Labute approximate surface area is 178 Å². The number of benzene rings is 1. The van der Waals surface area contributed by atoms with Crippen molar-refractivity contribution in [3.63, 3.8) is 0 Å². The van der Waals surface area contributed by atoms with Crippen LogP contribution in [0, 0.1) is 11.8 Å². The fraction of sp³-hybridized carbons (Fsp3) is 0.429. The highest BCUT2D eigenvalue weighted by Crippen LogP contribution is 2.26. The Morgan fingerprint density at radius 3 is 2.33 bits per heavy atom. The van der Waals surface area contributed by atoms with E-state index in [1.165, 1.54) is 14.2 Å². The van der Waals surface area contributed by atoms with Crippen LogP contribution in [0.1, 0.15) is 28.8 Å². The van der Waals surface area contributed by atoms with Crippen molar-refractivity contribution >= 4 is 22.2 Å². The van der Waals surface area contributed by atoms with Gasteiger partial charge in [-0.15, -0.1) is 13.2 Å². The molecule has 0 bridgehead atoms. The van der Waals surface area contributed by atoms with Gasteiger partial charge >= 0.3 is 0 Å². The van der Waals surface area contributed by atoms with Crippen LogP contribution in [0.3, 0.4) is 0 Å². The van der Waals surface area contributed by atoms with Crippen LogP contribution in [-0.4, -0.2) is 70.4 Å². The first-order chi connectivity index (χ1) is 14.3. The van der Waals surface area contributed by atoms with E-state index in [4.69, 9.17) is 14.6 Å². The molecule has 2 rings (SSSR count). The standard InChI is InChI=1S/C17H21NO5S.C2H4O2.C2H4/c1-23-17(9-11-24(21,22)13-17)12-18-16(20)15-7-5-14(6-8-15)4-2-3-10-19;1-4-2-3;1-2/h5-8,19H,3,9-13H2,1H3,(H,18,20);2H,1H3;1-2H2. The average molecular weight is 440 g/mol. The predicted octanol–water partition coefficient (Wildman–Crippen LogP) is 0.945. The van der Waals surface area contributed by atoms with E-state index in [-0.39, 0.29) is 30.6 Å². The maximum Gasteiger partial charge on any atom is 0.292 e. The summed E-state index contributed by atoms with van der Waals surface area (Å²) in [7, 11) is -0.327. The molecule has 0 saturated carbocycles. The van der Waals surface area contributed by atoms with Crippen molar-refractivity contribution in [3.05, 3.63) is 48.6 Å². The van der Waals surface area contributed by atoms with Crippen LogP contribution in [0.2, 0.25) is 0 Å². The molecule has 0 spiro atoms. The summed E-state index contributed by atoms with van der Waals surface area (Å²) in [6, 6.07) is 6.77. The lowest BCUT2D eigenvalue weighted by Crippen LogP contribution is -2.45. The Kier molecular flexibility index (Phi) is 13.1. The van der Waals surface area contributed by atoms with Crippen molar-refractivity contribution in [2.75, 3.05) is 38.9 Å². The van der Waals surface area contributed by atoms with Gasteiger partial charge in [0, 0.05) is 31.2 Å². The third-order valence-electron chi connectivity index (χ3n) is 4.07. The van der Waals surface area contributed by atoms with Gasteiger partial charge in [-0.05, 0) is 30.7 Å². The number of carbonyl (C=O) groups is 2. The summed E-state index contributed by atoms with van der Waals surface area (Å²) >= 11 is 0. The molecule has 0 aliphatic carbocycles. The van der Waals surface area contributed by atoms with Crippen LogP contribution in [0.15, 0.2) is 37.4 Å². The quantitative estimate of drug-likeness (QED) is 0.385. The summed E-state index contributed by atoms with van der Waals surface area (Å²) in [4.78, 5) is 21.2. The number of hydrogen-bond acceptors (Lipinski definition) is 7. The lowest BCUT2D eigenvalue weighted by molar-refractivity contribution is -0.126. The number of amides is 1. The maximum atomic E-state index is 12.2. The van der Waals surface area contributed by atoms with Gasteiger partial charge in [-0.1, -0.05) is 11.8 Å². The Balaban J connectivity index is 0.00000125. The van der Waals surface area contributed by atoms with E-state index in [1.54, 1.807) is 24.3 Å². The Morgan fingerprint density at radius 2 is 1.90 bits per heavy atom. The van der Waals surface area contributed by atoms with Crippen LogP contribution >= 0.6 is 0 Å². The zero-order chi connectivity index (χ0) is 23.0. The number of sulfone groups is 1. The largest absolute Gasteiger partial charge is 0.471 e. The fourth-order valence-electron chi connectivity index (χ4n) is 2.53. The molecule has 1 atom stereocenters. The molecule has 1 aliphatic rings. The van der Waals surface area contributed by atoms with Gasteiger partial charge < -0.3 is 19.9 Å². The molecule has 1 aromatic rings. The normalized spacial score (nSPS) is 18.2. The Bertz CT molecular complexity index is 825. The van der Waals surface area contributed by atoms with Gasteiger partial charge in [0.05, 0.1) is 30.8 Å². The number of aliphatic hydroxyl groups is 1. The molecule has 1 saturated heterocycles. The highest BCUT2D eigenvalue weighted by molar-refractivity contribution is 7.91. The second-order valence-electron chi connectivity index (χ2n) is 6.10. The van der Waals surface area contributed by atoms with Crippen LogP contribution in [0.25, 0.3) is 0 Å². The van der Waals surface area contributed by atoms with Gasteiger partial charge in [0.15, 0.2) is 9.84 Å². The molecule has 1 aliphatic heterocycles. The summed E-state index contributed by atoms with van der Waals surface area (Å²) < 4.78 is 32.5. The summed E-state index contributed by atoms with van der Waals surface area (Å²) in [5, 5.41) is 11.4. The van der Waals surface area contributed by atoms with Crippen LogP contribution in [0.5, 0.6) is 0 Å². The van der Waals surface area contributed by atoms with E-state index < -0.39 is 15.4 Å². The van der Waals surface area contributed by atoms with E-state index in [0.29, 0.717) is 24.9 Å². The number of hydrogen-bond donors (Lipinski definition) is 2. The minimum Gasteiger partial charge on any atom is -0.471 e. The molecule has 1 amide bonds. The molecule has 1 fully saturated rings. The number of nitrogens with one attached hydrogen (secondary N) is 1. The first-order valence-electron chi connectivity index (χ1n) is 9.01. The molecule has 1 heterocycles. The molecule has 9 heteroatoms. The number of aliphatic hydroxyl groups excluding tert-OH is 1. The number of methoxy groups -OCH3 is 2. The number of carbonyl (C=O) groups excluding carboxylic acids is 2.